The van der Waals surface area contributed by atoms with Crippen molar-refractivity contribution in [2.75, 3.05) is 0 Å². The molecule has 0 saturated carbocycles. The van der Waals surface area contributed by atoms with Crippen molar-refractivity contribution in [3.63, 3.8) is 0 Å². The van der Waals surface area contributed by atoms with Crippen molar-refractivity contribution in [2.45, 2.75) is 38.0 Å². The number of hydrogen-bond acceptors (Lipinski definition) is 0. The fourth-order valence-electron chi connectivity index (χ4n) is 4.39. The van der Waals surface area contributed by atoms with Crippen molar-refractivity contribution < 1.29 is 0 Å². The van der Waals surface area contributed by atoms with Crippen LogP contribution in [0.15, 0.2) is 78.9 Å². The first-order valence-corrected chi connectivity index (χ1v) is 8.92. The van der Waals surface area contributed by atoms with Gasteiger partial charge in [0, 0.05) is 5.41 Å². The van der Waals surface area contributed by atoms with Crippen LogP contribution < -0.4 is 0 Å². The van der Waals surface area contributed by atoms with E-state index in [9.17, 15) is 0 Å². The highest BCUT2D eigenvalue weighted by Gasteiger charge is 2.34. The fraction of sp³-hybridized carbons (Fsp3) is 0.250. The Kier molecular flexibility index (Phi) is 3.76. The van der Waals surface area contributed by atoms with Crippen LogP contribution in [0.25, 0.3) is 11.1 Å². The summed E-state index contributed by atoms with van der Waals surface area (Å²) >= 11 is 0. The normalized spacial score (nSPS) is 17.1. The second-order valence-corrected chi connectivity index (χ2v) is 7.15. The van der Waals surface area contributed by atoms with Crippen LogP contribution in [-0.4, -0.2) is 0 Å². The first-order valence-electron chi connectivity index (χ1n) is 8.92. The van der Waals surface area contributed by atoms with Crippen molar-refractivity contribution in [2.24, 2.45) is 0 Å². The SMILES string of the molecule is C=CCCC(C)(C1=CC=CC1)c1cccc2c1Cc1ccccc1-2. The van der Waals surface area contributed by atoms with E-state index in [0.717, 1.165) is 25.7 Å². The monoisotopic (exact) mass is 312 g/mol. The Bertz CT molecular complexity index is 850. The highest BCUT2D eigenvalue weighted by molar-refractivity contribution is 5.78. The molecule has 0 aliphatic heterocycles. The molecule has 24 heavy (non-hydrogen) atoms. The molecule has 0 saturated heterocycles. The Labute approximate surface area is 145 Å². The van der Waals surface area contributed by atoms with E-state index >= 15 is 0 Å². The molecule has 1 unspecified atom stereocenters. The van der Waals surface area contributed by atoms with Gasteiger partial charge >= 0.3 is 0 Å². The lowest BCUT2D eigenvalue weighted by Gasteiger charge is -2.34. The Balaban J connectivity index is 1.85. The molecule has 0 radical (unpaired) electrons. The first-order chi connectivity index (χ1) is 11.7. The highest BCUT2D eigenvalue weighted by Crippen LogP contribution is 2.47. The lowest BCUT2D eigenvalue weighted by molar-refractivity contribution is 0.504. The van der Waals surface area contributed by atoms with Gasteiger partial charge in [-0.1, -0.05) is 79.3 Å². The Morgan fingerprint density at radius 3 is 2.71 bits per heavy atom. The van der Waals surface area contributed by atoms with Gasteiger partial charge in [-0.15, -0.1) is 6.58 Å². The van der Waals surface area contributed by atoms with Gasteiger partial charge in [-0.3, -0.25) is 0 Å². The first kappa shape index (κ1) is 15.2. The van der Waals surface area contributed by atoms with Crippen molar-refractivity contribution in [3.8, 4) is 11.1 Å². The van der Waals surface area contributed by atoms with Crippen molar-refractivity contribution in [3.05, 3.63) is 95.6 Å². The molecule has 1 atom stereocenters. The van der Waals surface area contributed by atoms with Crippen LogP contribution >= 0.6 is 0 Å². The average Bonchev–Trinajstić information content (AvgIpc) is 3.27. The van der Waals surface area contributed by atoms with Gasteiger partial charge in [0.25, 0.3) is 0 Å². The van der Waals surface area contributed by atoms with E-state index in [4.69, 9.17) is 0 Å². The summed E-state index contributed by atoms with van der Waals surface area (Å²) in [6.45, 7) is 6.38. The molecule has 0 amide bonds. The molecule has 0 spiro atoms. The van der Waals surface area contributed by atoms with E-state index in [-0.39, 0.29) is 5.41 Å². The van der Waals surface area contributed by atoms with Crippen molar-refractivity contribution >= 4 is 0 Å². The Morgan fingerprint density at radius 2 is 1.92 bits per heavy atom. The maximum Gasteiger partial charge on any atom is 0.0145 e. The van der Waals surface area contributed by atoms with Crippen molar-refractivity contribution in [1.29, 1.82) is 0 Å². The van der Waals surface area contributed by atoms with Crippen LogP contribution in [-0.2, 0) is 11.8 Å². The Hall–Kier alpha value is -2.34. The smallest absolute Gasteiger partial charge is 0.0145 e. The standard InChI is InChI=1S/C24H24/c1-3-4-16-24(2,19-11-6-7-12-19)23-15-9-14-21-20-13-8-5-10-18(20)17-22(21)23/h3,5-11,13-15H,1,4,12,16-17H2,2H3. The molecule has 2 aliphatic rings. The molecular formula is C24H24. The number of rotatable bonds is 5. The highest BCUT2D eigenvalue weighted by atomic mass is 14.4. The molecule has 2 aromatic carbocycles. The second-order valence-electron chi connectivity index (χ2n) is 7.15. The maximum absolute atomic E-state index is 3.95. The number of hydrogen-bond donors (Lipinski definition) is 0. The molecule has 0 nitrogen and oxygen atoms in total. The van der Waals surface area contributed by atoms with Crippen LogP contribution in [0.2, 0.25) is 0 Å². The van der Waals surface area contributed by atoms with Gasteiger partial charge in [-0.05, 0) is 53.5 Å². The predicted molar refractivity (Wildman–Crippen MR) is 103 cm³/mol. The average molecular weight is 312 g/mol. The molecule has 0 heteroatoms. The van der Waals surface area contributed by atoms with Gasteiger partial charge in [-0.2, -0.15) is 0 Å². The lowest BCUT2D eigenvalue weighted by Crippen LogP contribution is -2.26. The zero-order valence-corrected chi connectivity index (χ0v) is 14.4. The number of allylic oxidation sites excluding steroid dienone is 5. The van der Waals surface area contributed by atoms with E-state index in [1.165, 1.54) is 33.4 Å². The van der Waals surface area contributed by atoms with Crippen molar-refractivity contribution in [1.82, 2.24) is 0 Å². The molecule has 0 fully saturated rings. The van der Waals surface area contributed by atoms with E-state index in [0.29, 0.717) is 0 Å². The molecule has 0 bridgehead atoms. The maximum atomic E-state index is 3.95. The van der Waals surface area contributed by atoms with E-state index in [2.05, 4.69) is 80.3 Å². The summed E-state index contributed by atoms with van der Waals surface area (Å²) in [6.07, 6.45) is 13.2. The summed E-state index contributed by atoms with van der Waals surface area (Å²) in [5.41, 5.74) is 8.97. The minimum Gasteiger partial charge on any atom is -0.103 e. The molecular weight excluding hydrogens is 288 g/mol. The zero-order chi connectivity index (χ0) is 16.6. The van der Waals surface area contributed by atoms with Crippen LogP contribution in [0, 0.1) is 0 Å². The van der Waals surface area contributed by atoms with E-state index < -0.39 is 0 Å². The van der Waals surface area contributed by atoms with Crippen LogP contribution in [0.4, 0.5) is 0 Å². The molecule has 2 aliphatic carbocycles. The largest absolute Gasteiger partial charge is 0.103 e. The minimum atomic E-state index is 0.0884. The molecule has 0 aromatic heterocycles. The van der Waals surface area contributed by atoms with Gasteiger partial charge in [0.05, 0.1) is 0 Å². The topological polar surface area (TPSA) is 0 Å². The summed E-state index contributed by atoms with van der Waals surface area (Å²) in [4.78, 5) is 0. The molecule has 120 valence electrons. The van der Waals surface area contributed by atoms with Crippen LogP contribution in [0.3, 0.4) is 0 Å². The van der Waals surface area contributed by atoms with E-state index in [1.54, 1.807) is 0 Å². The summed E-state index contributed by atoms with van der Waals surface area (Å²) in [5, 5.41) is 0. The fourth-order valence-corrected chi connectivity index (χ4v) is 4.39. The van der Waals surface area contributed by atoms with E-state index in [1.807, 2.05) is 0 Å². The van der Waals surface area contributed by atoms with Gasteiger partial charge in [0.15, 0.2) is 0 Å². The number of benzene rings is 2. The summed E-state index contributed by atoms with van der Waals surface area (Å²) in [6, 6.07) is 15.7. The quantitative estimate of drug-likeness (QED) is 0.480. The second kappa shape index (κ2) is 5.94. The number of fused-ring (bicyclic) bond motifs is 3. The molecule has 2 aromatic rings. The van der Waals surface area contributed by atoms with Gasteiger partial charge in [0.2, 0.25) is 0 Å². The summed E-state index contributed by atoms with van der Waals surface area (Å²) < 4.78 is 0. The lowest BCUT2D eigenvalue weighted by atomic mass is 9.70. The third kappa shape index (κ3) is 2.29. The molecule has 0 N–H and O–H groups in total. The minimum absolute atomic E-state index is 0.0884. The summed E-state index contributed by atoms with van der Waals surface area (Å²) in [7, 11) is 0. The third-order valence-corrected chi connectivity index (χ3v) is 5.77. The third-order valence-electron chi connectivity index (χ3n) is 5.77. The molecule has 0 heterocycles. The van der Waals surface area contributed by atoms with Gasteiger partial charge in [0.1, 0.15) is 0 Å². The summed E-state index contributed by atoms with van der Waals surface area (Å²) in [5.74, 6) is 0. The zero-order valence-electron chi connectivity index (χ0n) is 14.4. The van der Waals surface area contributed by atoms with Crippen LogP contribution in [0.5, 0.6) is 0 Å². The van der Waals surface area contributed by atoms with Gasteiger partial charge < -0.3 is 0 Å². The molecule has 4 rings (SSSR count). The Morgan fingerprint density at radius 1 is 1.08 bits per heavy atom. The van der Waals surface area contributed by atoms with Gasteiger partial charge in [-0.25, -0.2) is 0 Å². The predicted octanol–water partition coefficient (Wildman–Crippen LogP) is 6.37. The van der Waals surface area contributed by atoms with Crippen LogP contribution in [0.1, 0.15) is 42.9 Å².